The highest BCUT2D eigenvalue weighted by Gasteiger charge is 2.19. The summed E-state index contributed by atoms with van der Waals surface area (Å²) >= 11 is 0. The van der Waals surface area contributed by atoms with E-state index < -0.39 is 6.10 Å². The Morgan fingerprint density at radius 1 is 0.269 bits per heavy atom. The van der Waals surface area contributed by atoms with Crippen molar-refractivity contribution in [1.82, 2.24) is 0 Å². The van der Waals surface area contributed by atoms with Gasteiger partial charge in [-0.1, -0.05) is 293 Å². The monoisotopic (exact) mass is 1090 g/mol. The average Bonchev–Trinajstić information content (AvgIpc) is 3.44. The third-order valence-electron chi connectivity index (χ3n) is 14.9. The van der Waals surface area contributed by atoms with E-state index in [0.717, 1.165) is 122 Å². The third kappa shape index (κ3) is 63.7. The van der Waals surface area contributed by atoms with Crippen LogP contribution in [0.5, 0.6) is 0 Å². The number of hydrogen-bond donors (Lipinski definition) is 0. The van der Waals surface area contributed by atoms with Crippen LogP contribution in [0.4, 0.5) is 0 Å². The third-order valence-corrected chi connectivity index (χ3v) is 14.9. The fourth-order valence-corrected chi connectivity index (χ4v) is 9.84. The quantitative estimate of drug-likeness (QED) is 0.0261. The Hall–Kier alpha value is -3.15. The van der Waals surface area contributed by atoms with Crippen LogP contribution in [0.25, 0.3) is 0 Å². The van der Waals surface area contributed by atoms with Crippen LogP contribution in [0.2, 0.25) is 0 Å². The number of rotatable bonds is 62. The SMILES string of the molecule is CC/C=C\C/C=C\C/C=C\CCCCCCCC(=O)OCC(COC(=O)CCCCCCCCCCCCCCCCCCC/C=C\CCCCCCCCCC)OC(=O)CCCCCCC/C=C\C/C=C\CCCCCC. The molecule has 0 rings (SSSR count). The van der Waals surface area contributed by atoms with Gasteiger partial charge in [-0.05, 0) is 109 Å². The molecule has 0 radical (unpaired) electrons. The average molecular weight is 1090 g/mol. The molecular weight excluding hydrogens is 961 g/mol. The molecule has 0 saturated heterocycles. The Morgan fingerprint density at radius 3 is 0.808 bits per heavy atom. The highest BCUT2D eigenvalue weighted by Crippen LogP contribution is 2.17. The van der Waals surface area contributed by atoms with Crippen molar-refractivity contribution in [1.29, 1.82) is 0 Å². The molecule has 0 saturated carbocycles. The van der Waals surface area contributed by atoms with Gasteiger partial charge in [0.15, 0.2) is 6.10 Å². The minimum Gasteiger partial charge on any atom is -0.462 e. The van der Waals surface area contributed by atoms with E-state index in [9.17, 15) is 14.4 Å². The molecule has 78 heavy (non-hydrogen) atoms. The number of ether oxygens (including phenoxy) is 3. The van der Waals surface area contributed by atoms with Crippen molar-refractivity contribution in [3.05, 3.63) is 72.9 Å². The second-order valence-corrected chi connectivity index (χ2v) is 22.7. The molecular formula is C72H128O6. The lowest BCUT2D eigenvalue weighted by atomic mass is 10.0. The number of unbranched alkanes of at least 4 members (excludes halogenated alkanes) is 39. The first-order valence-electron chi connectivity index (χ1n) is 33.9. The second kappa shape index (κ2) is 66.4. The zero-order valence-electron chi connectivity index (χ0n) is 51.9. The molecule has 0 aliphatic rings. The lowest BCUT2D eigenvalue weighted by molar-refractivity contribution is -0.167. The molecule has 0 bridgehead atoms. The van der Waals surface area contributed by atoms with E-state index in [4.69, 9.17) is 14.2 Å². The highest BCUT2D eigenvalue weighted by atomic mass is 16.6. The van der Waals surface area contributed by atoms with Crippen LogP contribution in [0, 0.1) is 0 Å². The summed E-state index contributed by atoms with van der Waals surface area (Å²) in [6, 6.07) is 0. The number of esters is 3. The standard InChI is InChI=1S/C72H128O6/c1-4-7-10-13-16-19-22-25-28-30-31-32-33-34-35-36-37-38-39-40-41-42-45-47-50-53-56-59-62-65-71(74)77-68-69(67-76-70(73)64-61-58-55-52-49-46-43-27-24-21-18-15-12-9-6-3)78-72(75)66-63-60-57-54-51-48-44-29-26-23-20-17-14-11-8-5-2/h9,12,18,20-21,23,27,29-31,43-44,69H,4-8,10-11,13-17,19,22,24-26,28,32-42,45-68H2,1-3H3/b12-9-,21-18-,23-20-,31-30-,43-27-,44-29-. The van der Waals surface area contributed by atoms with Gasteiger partial charge in [-0.2, -0.15) is 0 Å². The van der Waals surface area contributed by atoms with Crippen LogP contribution in [-0.4, -0.2) is 37.2 Å². The lowest BCUT2D eigenvalue weighted by Crippen LogP contribution is -2.30. The second-order valence-electron chi connectivity index (χ2n) is 22.7. The Kier molecular flexibility index (Phi) is 63.7. The smallest absolute Gasteiger partial charge is 0.306 e. The Labute approximate surface area is 484 Å². The number of hydrogen-bond acceptors (Lipinski definition) is 6. The van der Waals surface area contributed by atoms with Crippen molar-refractivity contribution >= 4 is 17.9 Å². The summed E-state index contributed by atoms with van der Waals surface area (Å²) in [5.41, 5.74) is 0. The maximum absolute atomic E-state index is 12.9. The van der Waals surface area contributed by atoms with Crippen LogP contribution < -0.4 is 0 Å². The minimum atomic E-state index is -0.790. The summed E-state index contributed by atoms with van der Waals surface area (Å²) < 4.78 is 16.9. The first-order chi connectivity index (χ1) is 38.5. The molecule has 0 spiro atoms. The van der Waals surface area contributed by atoms with Gasteiger partial charge >= 0.3 is 17.9 Å². The van der Waals surface area contributed by atoms with Gasteiger partial charge < -0.3 is 14.2 Å². The van der Waals surface area contributed by atoms with Crippen molar-refractivity contribution in [2.75, 3.05) is 13.2 Å². The molecule has 452 valence electrons. The zero-order chi connectivity index (χ0) is 56.4. The molecule has 0 heterocycles. The van der Waals surface area contributed by atoms with E-state index in [2.05, 4.69) is 93.7 Å². The molecule has 0 aromatic carbocycles. The molecule has 0 aliphatic carbocycles. The van der Waals surface area contributed by atoms with Crippen molar-refractivity contribution < 1.29 is 28.6 Å². The van der Waals surface area contributed by atoms with E-state index in [1.54, 1.807) is 0 Å². The largest absolute Gasteiger partial charge is 0.462 e. The molecule has 0 fully saturated rings. The summed E-state index contributed by atoms with van der Waals surface area (Å²) in [6.45, 7) is 6.53. The van der Waals surface area contributed by atoms with E-state index in [-0.39, 0.29) is 31.1 Å². The number of carbonyl (C=O) groups excluding carboxylic acids is 3. The number of carbonyl (C=O) groups is 3. The van der Waals surface area contributed by atoms with Gasteiger partial charge in [-0.25, -0.2) is 0 Å². The van der Waals surface area contributed by atoms with Gasteiger partial charge in [0.2, 0.25) is 0 Å². The maximum atomic E-state index is 12.9. The van der Waals surface area contributed by atoms with Gasteiger partial charge in [0, 0.05) is 19.3 Å². The summed E-state index contributed by atoms with van der Waals surface area (Å²) in [6.07, 6.45) is 86.4. The zero-order valence-corrected chi connectivity index (χ0v) is 51.9. The van der Waals surface area contributed by atoms with Crippen molar-refractivity contribution in [2.24, 2.45) is 0 Å². The van der Waals surface area contributed by atoms with Crippen LogP contribution in [0.1, 0.15) is 348 Å². The summed E-state index contributed by atoms with van der Waals surface area (Å²) in [7, 11) is 0. The minimum absolute atomic E-state index is 0.0844. The molecule has 6 heteroatoms. The summed E-state index contributed by atoms with van der Waals surface area (Å²) in [4.78, 5) is 38.3. The first kappa shape index (κ1) is 74.8. The highest BCUT2D eigenvalue weighted by molar-refractivity contribution is 5.71. The summed E-state index contributed by atoms with van der Waals surface area (Å²) in [5.74, 6) is -0.900. The van der Waals surface area contributed by atoms with E-state index in [0.29, 0.717) is 19.3 Å². The van der Waals surface area contributed by atoms with Crippen LogP contribution in [0.15, 0.2) is 72.9 Å². The molecule has 1 unspecified atom stereocenters. The van der Waals surface area contributed by atoms with Crippen molar-refractivity contribution in [2.45, 2.75) is 354 Å². The predicted octanol–water partition coefficient (Wildman–Crippen LogP) is 23.3. The molecule has 1 atom stereocenters. The topological polar surface area (TPSA) is 78.9 Å². The molecule has 0 amide bonds. The fraction of sp³-hybridized carbons (Fsp3) is 0.792. The van der Waals surface area contributed by atoms with Crippen molar-refractivity contribution in [3.63, 3.8) is 0 Å². The molecule has 0 aliphatic heterocycles. The van der Waals surface area contributed by atoms with Gasteiger partial charge in [-0.3, -0.25) is 14.4 Å². The number of allylic oxidation sites excluding steroid dienone is 12. The molecule has 0 N–H and O–H groups in total. The Balaban J connectivity index is 4.23. The van der Waals surface area contributed by atoms with Gasteiger partial charge in [0.05, 0.1) is 0 Å². The Morgan fingerprint density at radius 2 is 0.500 bits per heavy atom. The lowest BCUT2D eigenvalue weighted by Gasteiger charge is -2.18. The van der Waals surface area contributed by atoms with Crippen LogP contribution in [0.3, 0.4) is 0 Å². The normalized spacial score (nSPS) is 12.5. The summed E-state index contributed by atoms with van der Waals surface area (Å²) in [5, 5.41) is 0. The van der Waals surface area contributed by atoms with Gasteiger partial charge in [0.25, 0.3) is 0 Å². The molecule has 6 nitrogen and oxygen atoms in total. The van der Waals surface area contributed by atoms with Gasteiger partial charge in [-0.15, -0.1) is 0 Å². The first-order valence-corrected chi connectivity index (χ1v) is 33.9. The van der Waals surface area contributed by atoms with Crippen LogP contribution >= 0.6 is 0 Å². The van der Waals surface area contributed by atoms with Crippen molar-refractivity contribution in [3.8, 4) is 0 Å². The van der Waals surface area contributed by atoms with Gasteiger partial charge in [0.1, 0.15) is 13.2 Å². The Bertz CT molecular complexity index is 1440. The fourth-order valence-electron chi connectivity index (χ4n) is 9.84. The predicted molar refractivity (Wildman–Crippen MR) is 339 cm³/mol. The maximum Gasteiger partial charge on any atom is 0.306 e. The molecule has 0 aromatic rings. The van der Waals surface area contributed by atoms with E-state index in [1.807, 2.05) is 0 Å². The van der Waals surface area contributed by atoms with Crippen LogP contribution in [-0.2, 0) is 28.6 Å². The molecule has 0 aromatic heterocycles. The van der Waals surface area contributed by atoms with E-state index in [1.165, 1.54) is 186 Å². The van der Waals surface area contributed by atoms with E-state index >= 15 is 0 Å².